The maximum atomic E-state index is 6.06. The Morgan fingerprint density at radius 1 is 1.41 bits per heavy atom. The second kappa shape index (κ2) is 5.91. The second-order valence-corrected chi connectivity index (χ2v) is 6.57. The van der Waals surface area contributed by atoms with Gasteiger partial charge in [-0.15, -0.1) is 0 Å². The highest BCUT2D eigenvalue weighted by Gasteiger charge is 2.45. The summed E-state index contributed by atoms with van der Waals surface area (Å²) in [6.07, 6.45) is 9.13. The van der Waals surface area contributed by atoms with Gasteiger partial charge in [0, 0.05) is 37.5 Å². The topological polar surface area (TPSA) is 38.5 Å². The lowest BCUT2D eigenvalue weighted by Crippen LogP contribution is -2.59. The fraction of sp³-hybridized carbons (Fsp3) is 1.00. The van der Waals surface area contributed by atoms with E-state index in [1.165, 1.54) is 19.3 Å². The largest absolute Gasteiger partial charge is 0.381 e. The molecule has 2 N–H and O–H groups in total. The molecule has 0 aromatic heterocycles. The Morgan fingerprint density at radius 2 is 2.06 bits per heavy atom. The first-order chi connectivity index (χ1) is 8.25. The van der Waals surface area contributed by atoms with E-state index in [4.69, 9.17) is 10.5 Å². The molecule has 1 aliphatic carbocycles. The van der Waals surface area contributed by atoms with Crippen molar-refractivity contribution in [1.82, 2.24) is 4.90 Å². The quantitative estimate of drug-likeness (QED) is 0.815. The molecular formula is C13H26N2OS. The van der Waals surface area contributed by atoms with Crippen LogP contribution in [0.1, 0.15) is 32.1 Å². The maximum Gasteiger partial charge on any atom is 0.0595 e. The third-order valence-electron chi connectivity index (χ3n) is 4.69. The zero-order chi connectivity index (χ0) is 12.3. The Kier molecular flexibility index (Phi) is 4.75. The summed E-state index contributed by atoms with van der Waals surface area (Å²) in [5, 5.41) is 0. The molecule has 1 unspecified atom stereocenters. The van der Waals surface area contributed by atoms with Crippen LogP contribution in [0.15, 0.2) is 0 Å². The van der Waals surface area contributed by atoms with Crippen molar-refractivity contribution in [1.29, 1.82) is 0 Å². The lowest BCUT2D eigenvalue weighted by atomic mass is 9.77. The SMILES string of the molecule is COC1CCN(C(CN)C2(SC)CCC2)CC1. The van der Waals surface area contributed by atoms with E-state index in [0.29, 0.717) is 16.9 Å². The summed E-state index contributed by atoms with van der Waals surface area (Å²) in [4.78, 5) is 2.62. The van der Waals surface area contributed by atoms with Crippen LogP contribution >= 0.6 is 11.8 Å². The van der Waals surface area contributed by atoms with Crippen LogP contribution in [0.2, 0.25) is 0 Å². The van der Waals surface area contributed by atoms with E-state index >= 15 is 0 Å². The van der Waals surface area contributed by atoms with E-state index in [2.05, 4.69) is 11.2 Å². The van der Waals surface area contributed by atoms with Gasteiger partial charge < -0.3 is 10.5 Å². The van der Waals surface area contributed by atoms with Crippen LogP contribution in [-0.4, -0.2) is 54.8 Å². The van der Waals surface area contributed by atoms with Crippen molar-refractivity contribution >= 4 is 11.8 Å². The van der Waals surface area contributed by atoms with Gasteiger partial charge in [-0.2, -0.15) is 11.8 Å². The van der Waals surface area contributed by atoms with Gasteiger partial charge >= 0.3 is 0 Å². The van der Waals surface area contributed by atoms with E-state index in [1.807, 2.05) is 18.9 Å². The number of ether oxygens (including phenoxy) is 1. The van der Waals surface area contributed by atoms with Gasteiger partial charge in [-0.25, -0.2) is 0 Å². The molecule has 0 radical (unpaired) electrons. The van der Waals surface area contributed by atoms with Crippen LogP contribution in [0.5, 0.6) is 0 Å². The van der Waals surface area contributed by atoms with Gasteiger partial charge in [0.15, 0.2) is 0 Å². The number of piperidine rings is 1. The third-order valence-corrected chi connectivity index (χ3v) is 6.18. The van der Waals surface area contributed by atoms with Gasteiger partial charge in [-0.05, 0) is 31.9 Å². The Balaban J connectivity index is 1.95. The minimum absolute atomic E-state index is 0.453. The molecule has 2 fully saturated rings. The summed E-state index contributed by atoms with van der Waals surface area (Å²) in [5.74, 6) is 0. The molecular weight excluding hydrogens is 232 g/mol. The normalized spacial score (nSPS) is 27.7. The molecule has 0 bridgehead atoms. The average molecular weight is 258 g/mol. The first-order valence-corrected chi connectivity index (χ1v) is 8.00. The molecule has 1 heterocycles. The van der Waals surface area contributed by atoms with Gasteiger partial charge in [-0.1, -0.05) is 6.42 Å². The highest BCUT2D eigenvalue weighted by atomic mass is 32.2. The van der Waals surface area contributed by atoms with Gasteiger partial charge in [0.05, 0.1) is 6.10 Å². The van der Waals surface area contributed by atoms with E-state index < -0.39 is 0 Å². The summed E-state index contributed by atoms with van der Waals surface area (Å²) >= 11 is 2.04. The van der Waals surface area contributed by atoms with E-state index in [9.17, 15) is 0 Å². The highest BCUT2D eigenvalue weighted by Crippen LogP contribution is 2.47. The summed E-state index contributed by atoms with van der Waals surface area (Å²) in [6, 6.07) is 0.573. The number of thioether (sulfide) groups is 1. The number of rotatable bonds is 5. The Labute approximate surface area is 109 Å². The molecule has 1 saturated carbocycles. The van der Waals surface area contributed by atoms with Crippen LogP contribution in [0.4, 0.5) is 0 Å². The molecule has 4 heteroatoms. The van der Waals surface area contributed by atoms with Crippen molar-refractivity contribution in [3.63, 3.8) is 0 Å². The molecule has 17 heavy (non-hydrogen) atoms. The smallest absolute Gasteiger partial charge is 0.0595 e. The number of hydrogen-bond donors (Lipinski definition) is 1. The van der Waals surface area contributed by atoms with Gasteiger partial charge in [-0.3, -0.25) is 4.90 Å². The van der Waals surface area contributed by atoms with Crippen LogP contribution in [0, 0.1) is 0 Å². The summed E-state index contributed by atoms with van der Waals surface area (Å²) in [5.41, 5.74) is 6.06. The highest BCUT2D eigenvalue weighted by molar-refractivity contribution is 8.00. The van der Waals surface area contributed by atoms with Crippen LogP contribution in [0.3, 0.4) is 0 Å². The number of nitrogens with zero attached hydrogens (tertiary/aromatic N) is 1. The van der Waals surface area contributed by atoms with Crippen LogP contribution in [0.25, 0.3) is 0 Å². The van der Waals surface area contributed by atoms with Crippen LogP contribution in [-0.2, 0) is 4.74 Å². The molecule has 1 aliphatic heterocycles. The monoisotopic (exact) mass is 258 g/mol. The van der Waals surface area contributed by atoms with Gasteiger partial charge in [0.25, 0.3) is 0 Å². The second-order valence-electron chi connectivity index (χ2n) is 5.34. The van der Waals surface area contributed by atoms with Crippen molar-refractivity contribution in [3.8, 4) is 0 Å². The number of hydrogen-bond acceptors (Lipinski definition) is 4. The molecule has 0 amide bonds. The Bertz CT molecular complexity index is 232. The lowest BCUT2D eigenvalue weighted by Gasteiger charge is -2.51. The number of nitrogens with two attached hydrogens (primary N) is 1. The zero-order valence-corrected chi connectivity index (χ0v) is 12.0. The van der Waals surface area contributed by atoms with E-state index in [-0.39, 0.29) is 0 Å². The molecule has 0 spiro atoms. The van der Waals surface area contributed by atoms with Crippen molar-refractivity contribution in [2.24, 2.45) is 5.73 Å². The Hall–Kier alpha value is 0.230. The van der Waals surface area contributed by atoms with Crippen molar-refractivity contribution in [2.45, 2.75) is 49.0 Å². The third kappa shape index (κ3) is 2.65. The summed E-state index contributed by atoms with van der Waals surface area (Å²) < 4.78 is 5.90. The predicted octanol–water partition coefficient (Wildman–Crippen LogP) is 1.71. The average Bonchev–Trinajstić information content (AvgIpc) is 2.34. The standard InChI is InChI=1S/C13H26N2OS/c1-16-11-4-8-15(9-5-11)12(10-14)13(17-2)6-3-7-13/h11-12H,3-10,14H2,1-2H3. The first-order valence-electron chi connectivity index (χ1n) is 6.78. The predicted molar refractivity (Wildman–Crippen MR) is 74.5 cm³/mol. The minimum atomic E-state index is 0.453. The minimum Gasteiger partial charge on any atom is -0.381 e. The van der Waals surface area contributed by atoms with Crippen molar-refractivity contribution in [3.05, 3.63) is 0 Å². The van der Waals surface area contributed by atoms with Crippen molar-refractivity contribution in [2.75, 3.05) is 33.0 Å². The number of likely N-dealkylation sites (tertiary alicyclic amines) is 1. The maximum absolute atomic E-state index is 6.06. The summed E-state index contributed by atoms with van der Waals surface area (Å²) in [6.45, 7) is 3.11. The number of methoxy groups -OCH3 is 1. The Morgan fingerprint density at radius 3 is 2.41 bits per heavy atom. The van der Waals surface area contributed by atoms with Gasteiger partial charge in [0.2, 0.25) is 0 Å². The molecule has 2 rings (SSSR count). The molecule has 0 aromatic carbocycles. The van der Waals surface area contributed by atoms with Crippen molar-refractivity contribution < 1.29 is 4.74 Å². The molecule has 1 saturated heterocycles. The van der Waals surface area contributed by atoms with E-state index in [1.54, 1.807) is 0 Å². The molecule has 3 nitrogen and oxygen atoms in total. The van der Waals surface area contributed by atoms with Crippen LogP contribution < -0.4 is 5.73 Å². The fourth-order valence-corrected chi connectivity index (χ4v) is 4.53. The first kappa shape index (κ1) is 13.7. The fourth-order valence-electron chi connectivity index (χ4n) is 3.32. The lowest BCUT2D eigenvalue weighted by molar-refractivity contribution is 0.0151. The molecule has 100 valence electrons. The summed E-state index contributed by atoms with van der Waals surface area (Å²) in [7, 11) is 1.83. The molecule has 0 aromatic rings. The van der Waals surface area contributed by atoms with E-state index in [0.717, 1.165) is 32.5 Å². The molecule has 1 atom stereocenters. The zero-order valence-electron chi connectivity index (χ0n) is 11.2. The molecule has 2 aliphatic rings. The van der Waals surface area contributed by atoms with Gasteiger partial charge in [0.1, 0.15) is 0 Å².